The van der Waals surface area contributed by atoms with Crippen molar-refractivity contribution in [3.63, 3.8) is 0 Å². The van der Waals surface area contributed by atoms with E-state index in [9.17, 15) is 0 Å². The van der Waals surface area contributed by atoms with Crippen molar-refractivity contribution in [2.75, 3.05) is 5.73 Å². The number of anilines is 1. The second-order valence-corrected chi connectivity index (χ2v) is 8.37. The number of rotatable bonds is 6. The van der Waals surface area contributed by atoms with Crippen LogP contribution >= 0.6 is 0 Å². The Bertz CT molecular complexity index is 967. The highest BCUT2D eigenvalue weighted by molar-refractivity contribution is 5.99. The van der Waals surface area contributed by atoms with Crippen LogP contribution in [-0.4, -0.2) is 0 Å². The molecule has 0 spiro atoms. The molecule has 4 rings (SSSR count). The summed E-state index contributed by atoms with van der Waals surface area (Å²) in [4.78, 5) is 0. The summed E-state index contributed by atoms with van der Waals surface area (Å²) in [5, 5.41) is 11.0. The Morgan fingerprint density at radius 3 is 2.28 bits per heavy atom. The van der Waals surface area contributed by atoms with Crippen LogP contribution in [0, 0.1) is 5.92 Å². The van der Waals surface area contributed by atoms with Crippen LogP contribution in [0.4, 0.5) is 17.1 Å². The molecular weight excluding hydrogens is 354 g/mol. The lowest BCUT2D eigenvalue weighted by Crippen LogP contribution is -2.13. The van der Waals surface area contributed by atoms with Gasteiger partial charge in [-0.3, -0.25) is 0 Å². The quantitative estimate of drug-likeness (QED) is 0.336. The number of unbranched alkanes of at least 4 members (excludes halogenated alkanes) is 1. The van der Waals surface area contributed by atoms with Gasteiger partial charge in [0.2, 0.25) is 0 Å². The molecule has 1 aliphatic rings. The first-order valence-corrected chi connectivity index (χ1v) is 11.0. The van der Waals surface area contributed by atoms with Crippen molar-refractivity contribution in [1.29, 1.82) is 0 Å². The summed E-state index contributed by atoms with van der Waals surface area (Å²) in [6, 6.07) is 20.6. The minimum absolute atomic E-state index is 0.708. The Morgan fingerprint density at radius 2 is 1.55 bits per heavy atom. The van der Waals surface area contributed by atoms with Gasteiger partial charge in [-0.25, -0.2) is 0 Å². The summed E-state index contributed by atoms with van der Waals surface area (Å²) in [5.74, 6) is 1.66. The molecule has 3 nitrogen and oxygen atoms in total. The van der Waals surface area contributed by atoms with Crippen molar-refractivity contribution in [3.05, 3.63) is 66.2 Å². The highest BCUT2D eigenvalue weighted by atomic mass is 15.1. The molecule has 0 aromatic heterocycles. The maximum atomic E-state index is 6.08. The zero-order valence-electron chi connectivity index (χ0n) is 17.3. The summed E-state index contributed by atoms with van der Waals surface area (Å²) in [7, 11) is 0. The van der Waals surface area contributed by atoms with Crippen LogP contribution in [-0.2, 0) is 0 Å². The van der Waals surface area contributed by atoms with E-state index >= 15 is 0 Å². The molecule has 3 heteroatoms. The summed E-state index contributed by atoms with van der Waals surface area (Å²) in [5.41, 5.74) is 10.1. The SMILES string of the molecule is CCCCC1CCC(c2ccc(N=Nc3ccc(N)c4ccccc34)cc2)CC1. The van der Waals surface area contributed by atoms with Crippen molar-refractivity contribution in [3.8, 4) is 0 Å². The van der Waals surface area contributed by atoms with Gasteiger partial charge in [-0.1, -0.05) is 62.6 Å². The van der Waals surface area contributed by atoms with Crippen molar-refractivity contribution in [2.24, 2.45) is 16.1 Å². The zero-order chi connectivity index (χ0) is 20.1. The molecule has 0 atom stereocenters. The summed E-state index contributed by atoms with van der Waals surface area (Å²) < 4.78 is 0. The van der Waals surface area contributed by atoms with E-state index in [2.05, 4.69) is 41.4 Å². The van der Waals surface area contributed by atoms with E-state index in [0.717, 1.165) is 33.8 Å². The predicted molar refractivity (Wildman–Crippen MR) is 123 cm³/mol. The third kappa shape index (κ3) is 4.67. The van der Waals surface area contributed by atoms with Crippen LogP contribution in [0.15, 0.2) is 70.9 Å². The number of fused-ring (bicyclic) bond motifs is 1. The molecule has 3 aromatic rings. The number of hydrogen-bond donors (Lipinski definition) is 1. The van der Waals surface area contributed by atoms with E-state index in [1.807, 2.05) is 36.4 Å². The second-order valence-electron chi connectivity index (χ2n) is 8.37. The lowest BCUT2D eigenvalue weighted by molar-refractivity contribution is 0.304. The highest BCUT2D eigenvalue weighted by Crippen LogP contribution is 2.38. The number of nitrogens with two attached hydrogens (primary N) is 1. The average molecular weight is 386 g/mol. The van der Waals surface area contributed by atoms with Crippen LogP contribution in [0.1, 0.15) is 63.4 Å². The molecule has 2 N–H and O–H groups in total. The van der Waals surface area contributed by atoms with E-state index in [4.69, 9.17) is 5.73 Å². The van der Waals surface area contributed by atoms with Crippen LogP contribution in [0.2, 0.25) is 0 Å². The highest BCUT2D eigenvalue weighted by Gasteiger charge is 2.21. The van der Waals surface area contributed by atoms with Crippen molar-refractivity contribution < 1.29 is 0 Å². The Balaban J connectivity index is 1.42. The lowest BCUT2D eigenvalue weighted by atomic mass is 9.77. The van der Waals surface area contributed by atoms with Crippen molar-refractivity contribution in [1.82, 2.24) is 0 Å². The third-order valence-electron chi connectivity index (χ3n) is 6.39. The van der Waals surface area contributed by atoms with E-state index in [1.165, 1.54) is 50.5 Å². The minimum Gasteiger partial charge on any atom is -0.398 e. The molecule has 1 aliphatic carbocycles. The van der Waals surface area contributed by atoms with Crippen molar-refractivity contribution >= 4 is 27.8 Å². The van der Waals surface area contributed by atoms with Gasteiger partial charge in [-0.2, -0.15) is 5.11 Å². The van der Waals surface area contributed by atoms with Gasteiger partial charge in [0.25, 0.3) is 0 Å². The monoisotopic (exact) mass is 385 g/mol. The molecule has 0 amide bonds. The first-order chi connectivity index (χ1) is 14.2. The molecular formula is C26H31N3. The van der Waals surface area contributed by atoms with E-state index in [-0.39, 0.29) is 0 Å². The molecule has 1 fully saturated rings. The van der Waals surface area contributed by atoms with Gasteiger partial charge in [-0.05, 0) is 67.3 Å². The average Bonchev–Trinajstić information content (AvgIpc) is 2.78. The largest absolute Gasteiger partial charge is 0.398 e. The predicted octanol–water partition coefficient (Wildman–Crippen LogP) is 8.30. The first kappa shape index (κ1) is 19.6. The topological polar surface area (TPSA) is 50.7 Å². The van der Waals surface area contributed by atoms with Gasteiger partial charge in [0.1, 0.15) is 0 Å². The molecule has 0 radical (unpaired) electrons. The fourth-order valence-corrected chi connectivity index (χ4v) is 4.60. The fraction of sp³-hybridized carbons (Fsp3) is 0.385. The number of nitrogens with zero attached hydrogens (tertiary/aromatic N) is 2. The molecule has 0 heterocycles. The van der Waals surface area contributed by atoms with Crippen LogP contribution in [0.25, 0.3) is 10.8 Å². The smallest absolute Gasteiger partial charge is 0.0936 e. The molecule has 0 unspecified atom stereocenters. The van der Waals surface area contributed by atoms with Gasteiger partial charge in [0.05, 0.1) is 11.4 Å². The molecule has 1 saturated carbocycles. The van der Waals surface area contributed by atoms with Gasteiger partial charge in [-0.15, -0.1) is 5.11 Å². The molecule has 0 bridgehead atoms. The molecule has 3 aromatic carbocycles. The second kappa shape index (κ2) is 9.21. The Kier molecular flexibility index (Phi) is 6.24. The van der Waals surface area contributed by atoms with Crippen LogP contribution in [0.5, 0.6) is 0 Å². The maximum absolute atomic E-state index is 6.08. The first-order valence-electron chi connectivity index (χ1n) is 11.0. The number of nitrogen functional groups attached to an aromatic ring is 1. The Morgan fingerprint density at radius 1 is 0.828 bits per heavy atom. The minimum atomic E-state index is 0.708. The van der Waals surface area contributed by atoms with Crippen molar-refractivity contribution in [2.45, 2.75) is 57.8 Å². The van der Waals surface area contributed by atoms with Crippen LogP contribution < -0.4 is 5.73 Å². The maximum Gasteiger partial charge on any atom is 0.0936 e. The van der Waals surface area contributed by atoms with Crippen LogP contribution in [0.3, 0.4) is 0 Å². The Hall–Kier alpha value is -2.68. The van der Waals surface area contributed by atoms with Gasteiger partial charge < -0.3 is 5.73 Å². The summed E-state index contributed by atoms with van der Waals surface area (Å²) in [6.45, 7) is 2.29. The zero-order valence-corrected chi connectivity index (χ0v) is 17.3. The summed E-state index contributed by atoms with van der Waals surface area (Å²) >= 11 is 0. The third-order valence-corrected chi connectivity index (χ3v) is 6.39. The molecule has 0 saturated heterocycles. The number of hydrogen-bond acceptors (Lipinski definition) is 3. The molecule has 150 valence electrons. The van der Waals surface area contributed by atoms with Gasteiger partial charge in [0, 0.05) is 16.5 Å². The number of azo groups is 1. The molecule has 0 aliphatic heterocycles. The van der Waals surface area contributed by atoms with Gasteiger partial charge in [0.15, 0.2) is 0 Å². The summed E-state index contributed by atoms with van der Waals surface area (Å²) in [6.07, 6.45) is 9.55. The molecule has 29 heavy (non-hydrogen) atoms. The van der Waals surface area contributed by atoms with E-state index in [1.54, 1.807) is 0 Å². The van der Waals surface area contributed by atoms with Gasteiger partial charge >= 0.3 is 0 Å². The standard InChI is InChI=1S/C26H31N3/c1-2-3-6-19-9-11-20(12-10-19)21-13-15-22(16-14-21)28-29-26-18-17-25(27)23-7-4-5-8-24(23)26/h4-5,7-8,13-20H,2-3,6,9-12,27H2,1H3. The van der Waals surface area contributed by atoms with E-state index in [0.29, 0.717) is 5.92 Å². The lowest BCUT2D eigenvalue weighted by Gasteiger charge is -2.28. The Labute approximate surface area is 174 Å². The fourth-order valence-electron chi connectivity index (χ4n) is 4.60. The number of benzene rings is 3. The van der Waals surface area contributed by atoms with E-state index < -0.39 is 0 Å². The normalized spacial score (nSPS) is 19.8.